The third-order valence-electron chi connectivity index (χ3n) is 9.61. The molecule has 2 aromatic carbocycles. The lowest BCUT2D eigenvalue weighted by Gasteiger charge is -2.34. The number of benzene rings is 2. The molecule has 0 bridgehead atoms. The van der Waals surface area contributed by atoms with Gasteiger partial charge in [0.15, 0.2) is 12.0 Å². The van der Waals surface area contributed by atoms with Gasteiger partial charge in [-0.3, -0.25) is 0 Å². The van der Waals surface area contributed by atoms with Gasteiger partial charge < -0.3 is 23.7 Å². The largest absolute Gasteiger partial charge is 0.480 e. The molecule has 0 saturated carbocycles. The molecule has 2 fully saturated rings. The fraction of sp³-hybridized carbons (Fsp3) is 0.472. The highest BCUT2D eigenvalue weighted by Crippen LogP contribution is 2.45. The van der Waals surface area contributed by atoms with Crippen LogP contribution in [0.5, 0.6) is 5.88 Å². The van der Waals surface area contributed by atoms with Gasteiger partial charge in [-0.2, -0.15) is 5.10 Å². The monoisotopic (exact) mass is 661 g/mol. The molecule has 2 aliphatic heterocycles. The molecule has 5 heterocycles. The molecule has 1 amide bonds. The molecule has 11 heteroatoms. The first-order valence-corrected chi connectivity index (χ1v) is 16.8. The van der Waals surface area contributed by atoms with E-state index in [0.29, 0.717) is 47.1 Å². The van der Waals surface area contributed by atoms with E-state index in [1.165, 1.54) is 0 Å². The highest BCUT2D eigenvalue weighted by Gasteiger charge is 2.30. The minimum Gasteiger partial charge on any atom is -0.480 e. The van der Waals surface area contributed by atoms with Gasteiger partial charge in [0.25, 0.3) is 0 Å². The molecule has 9 nitrogen and oxygen atoms in total. The third kappa shape index (κ3) is 5.49. The number of hydrogen-bond acceptors (Lipinski definition) is 6. The first kappa shape index (κ1) is 31.7. The maximum atomic E-state index is 17.1. The Hall–Kier alpha value is -3.89. The van der Waals surface area contributed by atoms with E-state index in [4.69, 9.17) is 35.9 Å². The minimum atomic E-state index is -0.553. The number of carbonyl (C=O) groups is 1. The van der Waals surface area contributed by atoms with Gasteiger partial charge in [-0.25, -0.2) is 18.9 Å². The Kier molecular flexibility index (Phi) is 8.07. The van der Waals surface area contributed by atoms with Crippen LogP contribution in [0, 0.1) is 19.7 Å². The van der Waals surface area contributed by atoms with Gasteiger partial charge in [-0.1, -0.05) is 11.6 Å². The molecule has 0 aliphatic carbocycles. The average Bonchev–Trinajstić information content (AvgIpc) is 3.67. The first-order valence-electron chi connectivity index (χ1n) is 16.4. The number of piperidine rings is 1. The molecule has 2 aliphatic rings. The standard InChI is InChI=1S/C36H41ClFN5O4/c1-20-17-27-25(19-39-43(27)28-9-7-8-16-46-28)29(21(20)2)30-26(37)18-24-32(31(30)38)40-34(45-6)23-12-15-42(33(23)24)22-10-13-41(14-11-22)35(44)47-36(3,4)5/h12,15,17-19,22,28H,7-11,13-14,16H2,1-6H3. The number of methoxy groups -OCH3 is 1. The number of fused-ring (bicyclic) bond motifs is 4. The Bertz CT molecular complexity index is 2020. The van der Waals surface area contributed by atoms with E-state index >= 15 is 4.39 Å². The Labute approximate surface area is 278 Å². The number of likely N-dealkylation sites (tertiary alicyclic amines) is 1. The summed E-state index contributed by atoms with van der Waals surface area (Å²) in [7, 11) is 1.55. The summed E-state index contributed by atoms with van der Waals surface area (Å²) in [5, 5.41) is 7.22. The normalized spacial score (nSPS) is 18.0. The summed E-state index contributed by atoms with van der Waals surface area (Å²) in [4.78, 5) is 19.2. The summed E-state index contributed by atoms with van der Waals surface area (Å²) >= 11 is 7.09. The molecular weight excluding hydrogens is 621 g/mol. The lowest BCUT2D eigenvalue weighted by molar-refractivity contribution is -0.0366. The lowest BCUT2D eigenvalue weighted by atomic mass is 9.92. The summed E-state index contributed by atoms with van der Waals surface area (Å²) in [6.45, 7) is 11.4. The van der Waals surface area contributed by atoms with E-state index in [-0.39, 0.29) is 23.9 Å². The van der Waals surface area contributed by atoms with Crippen LogP contribution in [0.2, 0.25) is 5.02 Å². The third-order valence-corrected chi connectivity index (χ3v) is 9.91. The van der Waals surface area contributed by atoms with Crippen LogP contribution < -0.4 is 4.74 Å². The number of nitrogens with zero attached hydrogens (tertiary/aromatic N) is 5. The number of hydrogen-bond donors (Lipinski definition) is 0. The van der Waals surface area contributed by atoms with Crippen LogP contribution in [-0.4, -0.2) is 62.7 Å². The number of rotatable bonds is 4. The van der Waals surface area contributed by atoms with Crippen molar-refractivity contribution in [3.8, 4) is 17.0 Å². The molecule has 7 rings (SSSR count). The van der Waals surface area contributed by atoms with Crippen LogP contribution in [0.15, 0.2) is 30.6 Å². The Morgan fingerprint density at radius 3 is 2.51 bits per heavy atom. The van der Waals surface area contributed by atoms with Crippen LogP contribution >= 0.6 is 11.6 Å². The van der Waals surface area contributed by atoms with Gasteiger partial charge in [0.2, 0.25) is 5.88 Å². The van der Waals surface area contributed by atoms with Crippen molar-refractivity contribution in [1.29, 1.82) is 0 Å². The average molecular weight is 662 g/mol. The van der Waals surface area contributed by atoms with Crippen molar-refractivity contribution in [2.75, 3.05) is 26.8 Å². The quantitative estimate of drug-likeness (QED) is 0.191. The Balaban J connectivity index is 1.34. The molecule has 1 unspecified atom stereocenters. The zero-order chi connectivity index (χ0) is 33.2. The Morgan fingerprint density at radius 1 is 1.06 bits per heavy atom. The molecule has 3 aromatic heterocycles. The molecule has 0 radical (unpaired) electrons. The Morgan fingerprint density at radius 2 is 1.83 bits per heavy atom. The maximum absolute atomic E-state index is 17.1. The summed E-state index contributed by atoms with van der Waals surface area (Å²) in [6, 6.07) is 5.96. The van der Waals surface area contributed by atoms with Crippen molar-refractivity contribution >= 4 is 50.4 Å². The molecule has 1 atom stereocenters. The number of pyridine rings is 1. The highest BCUT2D eigenvalue weighted by molar-refractivity contribution is 6.35. The molecular formula is C36H41ClFN5O4. The van der Waals surface area contributed by atoms with Crippen molar-refractivity contribution in [3.05, 3.63) is 52.6 Å². The summed E-state index contributed by atoms with van der Waals surface area (Å²) in [6.07, 6.45) is 7.76. The van der Waals surface area contributed by atoms with Crippen molar-refractivity contribution in [2.45, 2.75) is 84.6 Å². The van der Waals surface area contributed by atoms with E-state index in [1.54, 1.807) is 18.2 Å². The number of ether oxygens (including phenoxy) is 3. The van der Waals surface area contributed by atoms with Crippen molar-refractivity contribution < 1.29 is 23.4 Å². The van der Waals surface area contributed by atoms with Gasteiger partial charge in [0.1, 0.15) is 11.1 Å². The van der Waals surface area contributed by atoms with Gasteiger partial charge in [0, 0.05) is 53.8 Å². The second-order valence-corrected chi connectivity index (χ2v) is 14.2. The van der Waals surface area contributed by atoms with Gasteiger partial charge in [-0.15, -0.1) is 0 Å². The fourth-order valence-electron chi connectivity index (χ4n) is 7.20. The van der Waals surface area contributed by atoms with E-state index in [1.807, 2.05) is 57.6 Å². The highest BCUT2D eigenvalue weighted by atomic mass is 35.5. The molecule has 248 valence electrons. The van der Waals surface area contributed by atoms with Crippen molar-refractivity contribution in [3.63, 3.8) is 0 Å². The SMILES string of the molecule is COc1nc2c(F)c(-c3c(C)c(C)cc4c3cnn4C3CCCCO3)c(Cl)cc2c2c1ccn2C1CCN(C(=O)OC(C)(C)C)CC1. The topological polar surface area (TPSA) is 83.6 Å². The summed E-state index contributed by atoms with van der Waals surface area (Å²) < 4.78 is 38.6. The van der Waals surface area contributed by atoms with E-state index in [2.05, 4.69) is 10.6 Å². The van der Waals surface area contributed by atoms with Crippen LogP contribution in [0.1, 0.15) is 76.3 Å². The number of aryl methyl sites for hydroxylation is 1. The van der Waals surface area contributed by atoms with Crippen LogP contribution in [0.3, 0.4) is 0 Å². The van der Waals surface area contributed by atoms with Crippen molar-refractivity contribution in [2.24, 2.45) is 0 Å². The molecule has 5 aromatic rings. The second kappa shape index (κ2) is 12.0. The molecule has 2 saturated heterocycles. The zero-order valence-corrected chi connectivity index (χ0v) is 28.6. The molecule has 0 N–H and O–H groups in total. The van der Waals surface area contributed by atoms with Crippen LogP contribution in [-0.2, 0) is 9.47 Å². The van der Waals surface area contributed by atoms with E-state index in [0.717, 1.165) is 65.0 Å². The minimum absolute atomic E-state index is 0.0782. The predicted octanol–water partition coefficient (Wildman–Crippen LogP) is 8.90. The number of halogens is 2. The van der Waals surface area contributed by atoms with Gasteiger partial charge >= 0.3 is 6.09 Å². The molecule has 47 heavy (non-hydrogen) atoms. The fourth-order valence-corrected chi connectivity index (χ4v) is 7.48. The van der Waals surface area contributed by atoms with Crippen LogP contribution in [0.4, 0.5) is 9.18 Å². The predicted molar refractivity (Wildman–Crippen MR) is 182 cm³/mol. The number of carbonyl (C=O) groups excluding carboxylic acids is 1. The second-order valence-electron chi connectivity index (χ2n) is 13.8. The smallest absolute Gasteiger partial charge is 0.410 e. The van der Waals surface area contributed by atoms with Gasteiger partial charge in [-0.05, 0) is 96.0 Å². The first-order chi connectivity index (χ1) is 22.5. The zero-order valence-electron chi connectivity index (χ0n) is 27.8. The molecule has 0 spiro atoms. The number of amides is 1. The van der Waals surface area contributed by atoms with Gasteiger partial charge in [0.05, 0.1) is 34.7 Å². The lowest BCUT2D eigenvalue weighted by Crippen LogP contribution is -2.42. The van der Waals surface area contributed by atoms with E-state index in [9.17, 15) is 4.79 Å². The van der Waals surface area contributed by atoms with Crippen molar-refractivity contribution in [1.82, 2.24) is 24.2 Å². The van der Waals surface area contributed by atoms with E-state index < -0.39 is 11.4 Å². The van der Waals surface area contributed by atoms with Crippen LogP contribution in [0.25, 0.3) is 43.8 Å². The maximum Gasteiger partial charge on any atom is 0.410 e. The summed E-state index contributed by atoms with van der Waals surface area (Å²) in [5.74, 6) is -0.158. The summed E-state index contributed by atoms with van der Waals surface area (Å²) in [5.41, 5.74) is 4.27. The number of aromatic nitrogens is 4.